The zero-order chi connectivity index (χ0) is 18.4. The molecule has 0 spiro atoms. The van der Waals surface area contributed by atoms with E-state index in [1.807, 2.05) is 25.7 Å². The van der Waals surface area contributed by atoms with Crippen molar-refractivity contribution >= 4 is 46.0 Å². The van der Waals surface area contributed by atoms with Crippen molar-refractivity contribution in [1.29, 1.82) is 0 Å². The first-order valence-corrected chi connectivity index (χ1v) is 9.44. The highest BCUT2D eigenvalue weighted by Crippen LogP contribution is 2.39. The molecule has 3 aromatic heterocycles. The van der Waals surface area contributed by atoms with Crippen molar-refractivity contribution in [3.05, 3.63) is 21.8 Å². The van der Waals surface area contributed by atoms with E-state index >= 15 is 0 Å². The van der Waals surface area contributed by atoms with Crippen molar-refractivity contribution in [2.45, 2.75) is 33.0 Å². The molecule has 0 aromatic carbocycles. The molecular formula is C17H17ClN4O3S. The smallest absolute Gasteiger partial charge is 0.206 e. The number of hydrogen-bond acceptors (Lipinski definition) is 8. The molecule has 0 amide bonds. The molecule has 7 nitrogen and oxygen atoms in total. The Morgan fingerprint density at radius 3 is 2.69 bits per heavy atom. The second-order valence-corrected chi connectivity index (χ2v) is 8.04. The number of ether oxygens (including phenoxy) is 1. The normalized spacial score (nSPS) is 20.7. The molecule has 3 aromatic rings. The predicted molar refractivity (Wildman–Crippen MR) is 100 cm³/mol. The Balaban J connectivity index is 1.87. The van der Waals surface area contributed by atoms with Crippen LogP contribution in [0, 0.1) is 6.92 Å². The Hall–Kier alpha value is -2.03. The molecule has 9 heteroatoms. The van der Waals surface area contributed by atoms with E-state index in [0.29, 0.717) is 45.6 Å². The second kappa shape index (κ2) is 6.61. The number of nitrogens with zero attached hydrogens (tertiary/aromatic N) is 4. The maximum absolute atomic E-state index is 11.8. The van der Waals surface area contributed by atoms with Crippen LogP contribution in [0.25, 0.3) is 21.8 Å². The molecule has 0 N–H and O–H groups in total. The van der Waals surface area contributed by atoms with E-state index in [-0.39, 0.29) is 17.9 Å². The zero-order valence-electron chi connectivity index (χ0n) is 14.5. The van der Waals surface area contributed by atoms with Gasteiger partial charge < -0.3 is 14.2 Å². The maximum Gasteiger partial charge on any atom is 0.206 e. The average molecular weight is 393 g/mol. The van der Waals surface area contributed by atoms with E-state index in [4.69, 9.17) is 20.9 Å². The number of carbonyl (C=O) groups is 1. The van der Waals surface area contributed by atoms with Gasteiger partial charge in [0.1, 0.15) is 21.2 Å². The first kappa shape index (κ1) is 17.4. The summed E-state index contributed by atoms with van der Waals surface area (Å²) in [6, 6.07) is 0. The van der Waals surface area contributed by atoms with Gasteiger partial charge in [-0.25, -0.2) is 9.97 Å². The standard InChI is InChI=1S/C17H17ClN4O3S/c1-8-5-22(6-9(2)24-8)15-11(7-23)20-13-14(17-19-4-10(3)26-17)21-25-16(13)12(15)18/h4,7-9H,5-6H2,1-3H3/t8-,9+. The van der Waals surface area contributed by atoms with Gasteiger partial charge in [-0.15, -0.1) is 11.3 Å². The molecule has 1 fully saturated rings. The number of carbonyl (C=O) groups excluding carboxylic acids is 1. The first-order valence-electron chi connectivity index (χ1n) is 8.25. The first-order chi connectivity index (χ1) is 12.5. The zero-order valence-corrected chi connectivity index (χ0v) is 16.1. The molecule has 136 valence electrons. The molecule has 1 aliphatic rings. The van der Waals surface area contributed by atoms with E-state index < -0.39 is 0 Å². The van der Waals surface area contributed by atoms with Crippen molar-refractivity contribution in [2.75, 3.05) is 18.0 Å². The number of aryl methyl sites for hydroxylation is 1. The van der Waals surface area contributed by atoms with Crippen molar-refractivity contribution in [1.82, 2.24) is 15.1 Å². The van der Waals surface area contributed by atoms with E-state index in [1.54, 1.807) is 6.20 Å². The maximum atomic E-state index is 11.8. The van der Waals surface area contributed by atoms with Crippen LogP contribution in [-0.2, 0) is 4.74 Å². The van der Waals surface area contributed by atoms with Crippen molar-refractivity contribution < 1.29 is 14.1 Å². The molecule has 4 rings (SSSR count). The van der Waals surface area contributed by atoms with Gasteiger partial charge in [-0.1, -0.05) is 16.8 Å². The highest BCUT2D eigenvalue weighted by molar-refractivity contribution is 7.15. The van der Waals surface area contributed by atoms with Gasteiger partial charge in [-0.2, -0.15) is 0 Å². The van der Waals surface area contributed by atoms with Gasteiger partial charge in [-0.3, -0.25) is 4.79 Å². The van der Waals surface area contributed by atoms with Crippen molar-refractivity contribution in [3.63, 3.8) is 0 Å². The molecule has 26 heavy (non-hydrogen) atoms. The number of fused-ring (bicyclic) bond motifs is 1. The Morgan fingerprint density at radius 1 is 1.35 bits per heavy atom. The van der Waals surface area contributed by atoms with E-state index in [0.717, 1.165) is 11.2 Å². The molecule has 1 saturated heterocycles. The fraction of sp³-hybridized carbons (Fsp3) is 0.412. The molecule has 0 aliphatic carbocycles. The summed E-state index contributed by atoms with van der Waals surface area (Å²) in [5, 5.41) is 5.12. The van der Waals surface area contributed by atoms with Gasteiger partial charge in [0.2, 0.25) is 5.58 Å². The van der Waals surface area contributed by atoms with Crippen LogP contribution in [-0.4, -0.2) is 46.7 Å². The summed E-state index contributed by atoms with van der Waals surface area (Å²) >= 11 is 8.11. The third-order valence-electron chi connectivity index (χ3n) is 4.22. The Kier molecular flexibility index (Phi) is 4.42. The van der Waals surface area contributed by atoms with Gasteiger partial charge in [0, 0.05) is 24.2 Å². The molecular weight excluding hydrogens is 376 g/mol. The quantitative estimate of drug-likeness (QED) is 0.628. The van der Waals surface area contributed by atoms with Crippen LogP contribution in [0.2, 0.25) is 5.02 Å². The number of aromatic nitrogens is 3. The Labute approximate surface area is 158 Å². The summed E-state index contributed by atoms with van der Waals surface area (Å²) in [5.74, 6) is 0. The Bertz CT molecular complexity index is 976. The third-order valence-corrected chi connectivity index (χ3v) is 5.49. The van der Waals surface area contributed by atoms with Crippen LogP contribution in [0.3, 0.4) is 0 Å². The van der Waals surface area contributed by atoms with Crippen LogP contribution in [0.5, 0.6) is 0 Å². The van der Waals surface area contributed by atoms with Gasteiger partial charge >= 0.3 is 0 Å². The highest BCUT2D eigenvalue weighted by Gasteiger charge is 2.29. The van der Waals surface area contributed by atoms with E-state index in [2.05, 4.69) is 15.1 Å². The minimum atomic E-state index is 0.0218. The topological polar surface area (TPSA) is 81.4 Å². The number of rotatable bonds is 3. The number of morpholine rings is 1. The minimum absolute atomic E-state index is 0.0218. The third kappa shape index (κ3) is 2.87. The molecule has 2 atom stereocenters. The van der Waals surface area contributed by atoms with Crippen LogP contribution >= 0.6 is 22.9 Å². The number of aldehydes is 1. The summed E-state index contributed by atoms with van der Waals surface area (Å²) < 4.78 is 11.2. The molecule has 1 aliphatic heterocycles. The van der Waals surface area contributed by atoms with Crippen molar-refractivity contribution in [3.8, 4) is 10.7 Å². The van der Waals surface area contributed by atoms with E-state index in [1.165, 1.54) is 11.3 Å². The lowest BCUT2D eigenvalue weighted by Gasteiger charge is -2.37. The Morgan fingerprint density at radius 2 is 2.08 bits per heavy atom. The number of pyridine rings is 1. The fourth-order valence-corrected chi connectivity index (χ4v) is 4.36. The van der Waals surface area contributed by atoms with Crippen molar-refractivity contribution in [2.24, 2.45) is 0 Å². The summed E-state index contributed by atoms with van der Waals surface area (Å²) in [5.41, 5.74) is 2.14. The SMILES string of the molecule is Cc1cnc(-c2noc3c(Cl)c(N4C[C@@H](C)O[C@@H](C)C4)c(C=O)nc23)s1. The van der Waals surface area contributed by atoms with Crippen LogP contribution < -0.4 is 4.90 Å². The number of anilines is 1. The predicted octanol–water partition coefficient (Wildman–Crippen LogP) is 3.73. The lowest BCUT2D eigenvalue weighted by atomic mass is 10.1. The second-order valence-electron chi connectivity index (χ2n) is 6.42. The number of hydrogen-bond donors (Lipinski definition) is 0. The largest absolute Gasteiger partial charge is 0.372 e. The lowest BCUT2D eigenvalue weighted by Crippen LogP contribution is -2.46. The van der Waals surface area contributed by atoms with Crippen LogP contribution in [0.1, 0.15) is 29.2 Å². The monoisotopic (exact) mass is 392 g/mol. The lowest BCUT2D eigenvalue weighted by molar-refractivity contribution is -0.00526. The summed E-state index contributed by atoms with van der Waals surface area (Å²) in [6.45, 7) is 7.16. The molecule has 0 unspecified atom stereocenters. The molecule has 0 bridgehead atoms. The average Bonchev–Trinajstić information content (AvgIpc) is 3.19. The van der Waals surface area contributed by atoms with Gasteiger partial charge in [0.05, 0.1) is 17.9 Å². The van der Waals surface area contributed by atoms with E-state index in [9.17, 15) is 4.79 Å². The number of thiazole rings is 1. The fourth-order valence-electron chi connectivity index (χ4n) is 3.27. The minimum Gasteiger partial charge on any atom is -0.372 e. The number of halogens is 1. The molecule has 4 heterocycles. The van der Waals surface area contributed by atoms with Gasteiger partial charge in [-0.05, 0) is 20.8 Å². The highest BCUT2D eigenvalue weighted by atomic mass is 35.5. The van der Waals surface area contributed by atoms with Gasteiger partial charge in [0.25, 0.3) is 0 Å². The van der Waals surface area contributed by atoms with Crippen LogP contribution in [0.15, 0.2) is 10.7 Å². The van der Waals surface area contributed by atoms with Crippen LogP contribution in [0.4, 0.5) is 5.69 Å². The van der Waals surface area contributed by atoms with Gasteiger partial charge in [0.15, 0.2) is 12.0 Å². The summed E-state index contributed by atoms with van der Waals surface area (Å²) in [4.78, 5) is 23.7. The molecule has 0 radical (unpaired) electrons. The summed E-state index contributed by atoms with van der Waals surface area (Å²) in [7, 11) is 0. The molecule has 0 saturated carbocycles. The summed E-state index contributed by atoms with van der Waals surface area (Å²) in [6.07, 6.45) is 2.52.